The molecule has 2 nitrogen and oxygen atoms in total. The van der Waals surface area contributed by atoms with Crippen molar-refractivity contribution in [2.45, 2.75) is 19.1 Å². The van der Waals surface area contributed by atoms with Gasteiger partial charge in [-0.05, 0) is 53.0 Å². The van der Waals surface area contributed by atoms with Crippen molar-refractivity contribution < 1.29 is 13.2 Å². The Morgan fingerprint density at radius 3 is 2.71 bits per heavy atom. The summed E-state index contributed by atoms with van der Waals surface area (Å²) in [7, 11) is 0. The average Bonchev–Trinajstić information content (AvgIpc) is 2.48. The summed E-state index contributed by atoms with van der Waals surface area (Å²) in [6, 6.07) is 5.48. The first-order valence-electron chi connectivity index (χ1n) is 4.82. The van der Waals surface area contributed by atoms with Crippen molar-refractivity contribution in [2.24, 2.45) is 0 Å². The van der Waals surface area contributed by atoms with Crippen molar-refractivity contribution in [1.29, 1.82) is 0 Å². The van der Waals surface area contributed by atoms with E-state index in [0.717, 1.165) is 9.09 Å². The molecule has 0 aliphatic carbocycles. The van der Waals surface area contributed by atoms with Crippen LogP contribution in [0.15, 0.2) is 18.2 Å². The Bertz CT molecular complexity index is 600. The molecule has 0 saturated carbocycles. The molecule has 0 radical (unpaired) electrons. The average molecular weight is 372 g/mol. The third kappa shape index (κ3) is 3.01. The number of aryl methyl sites for hydroxylation is 1. The maximum atomic E-state index is 12.2. The highest BCUT2D eigenvalue weighted by molar-refractivity contribution is 14.1. The number of rotatable bonds is 2. The zero-order valence-corrected chi connectivity index (χ0v) is 11.5. The van der Waals surface area contributed by atoms with E-state index in [1.54, 1.807) is 6.07 Å². The van der Waals surface area contributed by atoms with Gasteiger partial charge in [0.05, 0.1) is 17.5 Å². The molecule has 0 amide bonds. The van der Waals surface area contributed by atoms with Crippen molar-refractivity contribution in [1.82, 2.24) is 9.55 Å². The SMILES string of the molecule is FC(F)(F)CCn1c(=S)[nH]c2cc(I)ccc21. The standard InChI is InChI=1S/C10H8F3IN2S/c11-10(12,13)3-4-16-8-2-1-6(14)5-7(8)15-9(16)17/h1-2,5H,3-4H2,(H,15,17). The largest absolute Gasteiger partial charge is 0.390 e. The number of hydrogen-bond donors (Lipinski definition) is 1. The Balaban J connectivity index is 2.40. The molecule has 1 aromatic carbocycles. The number of alkyl halides is 3. The van der Waals surface area contributed by atoms with Crippen LogP contribution in [0, 0.1) is 8.34 Å². The molecule has 2 aromatic rings. The predicted molar refractivity (Wildman–Crippen MR) is 70.5 cm³/mol. The summed E-state index contributed by atoms with van der Waals surface area (Å²) in [4.78, 5) is 2.91. The number of benzene rings is 1. The van der Waals surface area contributed by atoms with Crippen molar-refractivity contribution in [2.75, 3.05) is 0 Å². The lowest BCUT2D eigenvalue weighted by atomic mass is 10.3. The maximum Gasteiger partial charge on any atom is 0.390 e. The molecule has 7 heteroatoms. The molecule has 0 saturated heterocycles. The number of halogens is 4. The number of aromatic amines is 1. The van der Waals surface area contributed by atoms with Crippen LogP contribution >= 0.6 is 34.8 Å². The van der Waals surface area contributed by atoms with E-state index in [4.69, 9.17) is 12.2 Å². The molecule has 0 aliphatic heterocycles. The number of fused-ring (bicyclic) bond motifs is 1. The molecular weight excluding hydrogens is 364 g/mol. The first-order valence-corrected chi connectivity index (χ1v) is 6.30. The van der Waals surface area contributed by atoms with Gasteiger partial charge in [-0.15, -0.1) is 0 Å². The first kappa shape index (κ1) is 12.9. The molecule has 0 bridgehead atoms. The van der Waals surface area contributed by atoms with Gasteiger partial charge >= 0.3 is 6.18 Å². The Morgan fingerprint density at radius 1 is 1.35 bits per heavy atom. The van der Waals surface area contributed by atoms with E-state index < -0.39 is 12.6 Å². The van der Waals surface area contributed by atoms with E-state index >= 15 is 0 Å². The second kappa shape index (κ2) is 4.60. The van der Waals surface area contributed by atoms with Crippen molar-refractivity contribution >= 4 is 45.8 Å². The number of hydrogen-bond acceptors (Lipinski definition) is 1. The van der Waals surface area contributed by atoms with E-state index in [1.165, 1.54) is 4.57 Å². The van der Waals surface area contributed by atoms with Crippen LogP contribution in [0.25, 0.3) is 11.0 Å². The van der Waals surface area contributed by atoms with Gasteiger partial charge in [-0.25, -0.2) is 0 Å². The number of imidazole rings is 1. The van der Waals surface area contributed by atoms with Crippen LogP contribution in [0.5, 0.6) is 0 Å². The number of aromatic nitrogens is 2. The third-order valence-corrected chi connectivity index (χ3v) is 3.35. The van der Waals surface area contributed by atoms with E-state index in [2.05, 4.69) is 27.6 Å². The van der Waals surface area contributed by atoms with Crippen molar-refractivity contribution in [3.05, 3.63) is 26.5 Å². The van der Waals surface area contributed by atoms with Crippen molar-refractivity contribution in [3.8, 4) is 0 Å². The van der Waals surface area contributed by atoms with Crippen LogP contribution in [0.4, 0.5) is 13.2 Å². The highest BCUT2D eigenvalue weighted by Crippen LogP contribution is 2.23. The lowest BCUT2D eigenvalue weighted by Crippen LogP contribution is -2.12. The van der Waals surface area contributed by atoms with Gasteiger partial charge in [-0.3, -0.25) is 0 Å². The van der Waals surface area contributed by atoms with Crippen LogP contribution in [-0.4, -0.2) is 15.7 Å². The molecule has 0 spiro atoms. The normalized spacial score (nSPS) is 12.2. The number of nitrogens with zero attached hydrogens (tertiary/aromatic N) is 1. The fourth-order valence-corrected chi connectivity index (χ4v) is 2.39. The summed E-state index contributed by atoms with van der Waals surface area (Å²) >= 11 is 7.16. The summed E-state index contributed by atoms with van der Waals surface area (Å²) in [5.41, 5.74) is 1.48. The van der Waals surface area contributed by atoms with Crippen LogP contribution < -0.4 is 0 Å². The highest BCUT2D eigenvalue weighted by atomic mass is 127. The Morgan fingerprint density at radius 2 is 2.06 bits per heavy atom. The molecule has 0 fully saturated rings. The Kier molecular flexibility index (Phi) is 3.48. The summed E-state index contributed by atoms with van der Waals surface area (Å²) in [5, 5.41) is 0. The molecule has 92 valence electrons. The van der Waals surface area contributed by atoms with Crippen LogP contribution in [-0.2, 0) is 6.54 Å². The quantitative estimate of drug-likeness (QED) is 0.617. The second-order valence-corrected chi connectivity index (χ2v) is 5.24. The molecule has 1 heterocycles. The van der Waals surface area contributed by atoms with Gasteiger partial charge in [-0.1, -0.05) is 0 Å². The van der Waals surface area contributed by atoms with Gasteiger partial charge in [-0.2, -0.15) is 13.2 Å². The first-order chi connectivity index (χ1) is 7.87. The lowest BCUT2D eigenvalue weighted by Gasteiger charge is -2.07. The topological polar surface area (TPSA) is 20.7 Å². The molecule has 17 heavy (non-hydrogen) atoms. The maximum absolute atomic E-state index is 12.2. The highest BCUT2D eigenvalue weighted by Gasteiger charge is 2.27. The smallest absolute Gasteiger partial charge is 0.331 e. The number of nitrogens with one attached hydrogen (secondary N) is 1. The van der Waals surface area contributed by atoms with E-state index in [1.807, 2.05) is 12.1 Å². The molecule has 0 atom stereocenters. The zero-order chi connectivity index (χ0) is 12.6. The predicted octanol–water partition coefficient (Wildman–Crippen LogP) is 4.26. The molecule has 2 rings (SSSR count). The van der Waals surface area contributed by atoms with Gasteiger partial charge in [0, 0.05) is 10.1 Å². The van der Waals surface area contributed by atoms with Gasteiger partial charge in [0.2, 0.25) is 0 Å². The van der Waals surface area contributed by atoms with Crippen LogP contribution in [0.3, 0.4) is 0 Å². The van der Waals surface area contributed by atoms with Gasteiger partial charge < -0.3 is 9.55 Å². The van der Waals surface area contributed by atoms with Crippen molar-refractivity contribution in [3.63, 3.8) is 0 Å². The minimum atomic E-state index is -4.17. The summed E-state index contributed by atoms with van der Waals surface area (Å²) in [5.74, 6) is 0. The molecular formula is C10H8F3IN2S. The fourth-order valence-electron chi connectivity index (χ4n) is 1.60. The fraction of sp³-hybridized carbons (Fsp3) is 0.300. The van der Waals surface area contributed by atoms with E-state index in [0.29, 0.717) is 10.3 Å². The monoisotopic (exact) mass is 372 g/mol. The van der Waals surface area contributed by atoms with E-state index in [-0.39, 0.29) is 6.54 Å². The van der Waals surface area contributed by atoms with Crippen LogP contribution in [0.1, 0.15) is 6.42 Å². The molecule has 0 aliphatic rings. The Labute approximate surface area is 114 Å². The minimum Gasteiger partial charge on any atom is -0.331 e. The summed E-state index contributed by atoms with van der Waals surface area (Å²) < 4.78 is 39.4. The second-order valence-electron chi connectivity index (χ2n) is 3.61. The zero-order valence-electron chi connectivity index (χ0n) is 8.51. The lowest BCUT2D eigenvalue weighted by molar-refractivity contribution is -0.136. The third-order valence-electron chi connectivity index (χ3n) is 2.36. The molecule has 0 unspecified atom stereocenters. The van der Waals surface area contributed by atoms with E-state index in [9.17, 15) is 13.2 Å². The summed E-state index contributed by atoms with van der Waals surface area (Å²) in [6.45, 7) is -0.150. The number of H-pyrrole nitrogens is 1. The van der Waals surface area contributed by atoms with Gasteiger partial charge in [0.25, 0.3) is 0 Å². The van der Waals surface area contributed by atoms with Gasteiger partial charge in [0.15, 0.2) is 4.77 Å². The van der Waals surface area contributed by atoms with Crippen LogP contribution in [0.2, 0.25) is 0 Å². The minimum absolute atomic E-state index is 0.150. The molecule has 1 N–H and O–H groups in total. The summed E-state index contributed by atoms with van der Waals surface area (Å²) in [6.07, 6.45) is -5.04. The Hall–Kier alpha value is -0.570. The van der Waals surface area contributed by atoms with Gasteiger partial charge in [0.1, 0.15) is 0 Å². The molecule has 1 aromatic heterocycles.